The Kier molecular flexibility index (Phi) is 3.84. The molecule has 2 aromatic carbocycles. The Labute approximate surface area is 141 Å². The van der Waals surface area contributed by atoms with Gasteiger partial charge in [0.2, 0.25) is 11.6 Å². The largest absolute Gasteiger partial charge is 0.487 e. The van der Waals surface area contributed by atoms with Crippen molar-refractivity contribution in [1.29, 1.82) is 0 Å². The zero-order valence-electron chi connectivity index (χ0n) is 12.7. The second kappa shape index (κ2) is 5.57. The SMILES string of the molecule is CC1(C)Cc2cc(C(=O)C(=O)c3ccc(F)c(Br)c3)ccc2O1. The number of ketones is 2. The number of benzene rings is 2. The van der Waals surface area contributed by atoms with Gasteiger partial charge in [-0.25, -0.2) is 4.39 Å². The molecule has 0 spiro atoms. The summed E-state index contributed by atoms with van der Waals surface area (Å²) < 4.78 is 19.2. The summed E-state index contributed by atoms with van der Waals surface area (Å²) in [5, 5.41) is 0. The van der Waals surface area contributed by atoms with Gasteiger partial charge in [0.25, 0.3) is 0 Å². The summed E-state index contributed by atoms with van der Waals surface area (Å²) >= 11 is 3.02. The van der Waals surface area contributed by atoms with Crippen molar-refractivity contribution in [1.82, 2.24) is 0 Å². The van der Waals surface area contributed by atoms with Crippen molar-refractivity contribution in [2.24, 2.45) is 0 Å². The van der Waals surface area contributed by atoms with Crippen LogP contribution < -0.4 is 4.74 Å². The van der Waals surface area contributed by atoms with E-state index in [2.05, 4.69) is 15.9 Å². The molecule has 0 bridgehead atoms. The predicted octanol–water partition coefficient (Wildman–Crippen LogP) is 4.37. The third-order valence-corrected chi connectivity index (χ3v) is 4.32. The topological polar surface area (TPSA) is 43.4 Å². The molecule has 0 saturated carbocycles. The van der Waals surface area contributed by atoms with E-state index < -0.39 is 17.4 Å². The van der Waals surface area contributed by atoms with E-state index in [0.717, 1.165) is 17.4 Å². The van der Waals surface area contributed by atoms with Crippen LogP contribution >= 0.6 is 15.9 Å². The van der Waals surface area contributed by atoms with Gasteiger partial charge in [-0.05, 0) is 71.7 Å². The maximum absolute atomic E-state index is 13.3. The lowest BCUT2D eigenvalue weighted by Gasteiger charge is -2.16. The lowest BCUT2D eigenvalue weighted by atomic mass is 9.96. The number of hydrogen-bond acceptors (Lipinski definition) is 3. The molecular weight excluding hydrogens is 363 g/mol. The summed E-state index contributed by atoms with van der Waals surface area (Å²) in [5.41, 5.74) is 1.07. The normalized spacial score (nSPS) is 15.0. The van der Waals surface area contributed by atoms with E-state index in [1.54, 1.807) is 18.2 Å². The summed E-state index contributed by atoms with van der Waals surface area (Å²) in [7, 11) is 0. The van der Waals surface area contributed by atoms with Crippen LogP contribution in [0.4, 0.5) is 4.39 Å². The number of rotatable bonds is 3. The molecule has 3 nitrogen and oxygen atoms in total. The van der Waals surface area contributed by atoms with Gasteiger partial charge in [0, 0.05) is 17.5 Å². The number of ether oxygens (including phenoxy) is 1. The van der Waals surface area contributed by atoms with Crippen LogP contribution in [-0.2, 0) is 6.42 Å². The average Bonchev–Trinajstić information content (AvgIpc) is 2.81. The van der Waals surface area contributed by atoms with E-state index in [1.807, 2.05) is 13.8 Å². The minimum Gasteiger partial charge on any atom is -0.487 e. The third kappa shape index (κ3) is 3.06. The van der Waals surface area contributed by atoms with Crippen LogP contribution in [0.3, 0.4) is 0 Å². The van der Waals surface area contributed by atoms with Crippen molar-refractivity contribution in [3.05, 3.63) is 63.4 Å². The molecule has 0 unspecified atom stereocenters. The molecule has 0 radical (unpaired) electrons. The standard InChI is InChI=1S/C18H14BrFO3/c1-18(2)9-12-7-10(4-6-15(12)23-18)16(21)17(22)11-3-5-14(20)13(19)8-11/h3-8H,9H2,1-2H3. The molecule has 3 rings (SSSR count). The average molecular weight is 377 g/mol. The van der Waals surface area contributed by atoms with E-state index in [-0.39, 0.29) is 15.6 Å². The minimum atomic E-state index is -0.663. The van der Waals surface area contributed by atoms with Crippen molar-refractivity contribution in [3.8, 4) is 5.75 Å². The fourth-order valence-corrected chi connectivity index (χ4v) is 3.03. The van der Waals surface area contributed by atoms with Gasteiger partial charge in [-0.2, -0.15) is 0 Å². The number of Topliss-reactive ketones (excluding diaryl/α,β-unsaturated/α-hetero) is 2. The zero-order valence-corrected chi connectivity index (χ0v) is 14.2. The number of fused-ring (bicyclic) bond motifs is 1. The van der Waals surface area contributed by atoms with Gasteiger partial charge in [0.15, 0.2) is 0 Å². The minimum absolute atomic E-state index is 0.153. The Morgan fingerprint density at radius 3 is 2.35 bits per heavy atom. The van der Waals surface area contributed by atoms with Gasteiger partial charge in [0.05, 0.1) is 4.47 Å². The van der Waals surface area contributed by atoms with Crippen molar-refractivity contribution in [2.75, 3.05) is 0 Å². The van der Waals surface area contributed by atoms with E-state index in [9.17, 15) is 14.0 Å². The van der Waals surface area contributed by atoms with Crippen LogP contribution in [0, 0.1) is 5.82 Å². The zero-order chi connectivity index (χ0) is 16.8. The van der Waals surface area contributed by atoms with Crippen LogP contribution in [0.25, 0.3) is 0 Å². The molecule has 1 aliphatic rings. The van der Waals surface area contributed by atoms with Gasteiger partial charge in [-0.15, -0.1) is 0 Å². The number of halogens is 2. The molecule has 1 aliphatic heterocycles. The van der Waals surface area contributed by atoms with Crippen molar-refractivity contribution in [2.45, 2.75) is 25.9 Å². The summed E-state index contributed by atoms with van der Waals surface area (Å²) in [6.07, 6.45) is 0.680. The summed E-state index contributed by atoms with van der Waals surface area (Å²) in [4.78, 5) is 24.7. The lowest BCUT2D eigenvalue weighted by Crippen LogP contribution is -2.24. The highest BCUT2D eigenvalue weighted by atomic mass is 79.9. The molecule has 118 valence electrons. The smallest absolute Gasteiger partial charge is 0.233 e. The van der Waals surface area contributed by atoms with Gasteiger partial charge < -0.3 is 4.74 Å². The molecule has 0 amide bonds. The number of carbonyl (C=O) groups excluding carboxylic acids is 2. The molecule has 5 heteroatoms. The van der Waals surface area contributed by atoms with Crippen molar-refractivity contribution >= 4 is 27.5 Å². The third-order valence-electron chi connectivity index (χ3n) is 3.71. The van der Waals surface area contributed by atoms with E-state index in [0.29, 0.717) is 12.0 Å². The van der Waals surface area contributed by atoms with Gasteiger partial charge in [0.1, 0.15) is 17.2 Å². The van der Waals surface area contributed by atoms with Crippen LogP contribution in [0.1, 0.15) is 40.1 Å². The summed E-state index contributed by atoms with van der Waals surface area (Å²) in [5.74, 6) is -1.02. The van der Waals surface area contributed by atoms with Crippen molar-refractivity contribution in [3.63, 3.8) is 0 Å². The first-order chi connectivity index (χ1) is 10.8. The Bertz CT molecular complexity index is 827. The summed E-state index contributed by atoms with van der Waals surface area (Å²) in [6, 6.07) is 8.77. The first-order valence-electron chi connectivity index (χ1n) is 7.13. The highest BCUT2D eigenvalue weighted by Gasteiger charge is 2.31. The fourth-order valence-electron chi connectivity index (χ4n) is 2.65. The predicted molar refractivity (Wildman–Crippen MR) is 87.6 cm³/mol. The van der Waals surface area contributed by atoms with Crippen LogP contribution in [0.15, 0.2) is 40.9 Å². The maximum atomic E-state index is 13.3. The molecule has 0 saturated heterocycles. The van der Waals surface area contributed by atoms with Gasteiger partial charge >= 0.3 is 0 Å². The van der Waals surface area contributed by atoms with Crippen LogP contribution in [0.2, 0.25) is 0 Å². The molecule has 23 heavy (non-hydrogen) atoms. The van der Waals surface area contributed by atoms with Crippen molar-refractivity contribution < 1.29 is 18.7 Å². The number of hydrogen-bond donors (Lipinski definition) is 0. The van der Waals surface area contributed by atoms with E-state index >= 15 is 0 Å². The first-order valence-corrected chi connectivity index (χ1v) is 7.92. The number of carbonyl (C=O) groups is 2. The molecule has 1 heterocycles. The molecule has 0 atom stereocenters. The molecule has 0 fully saturated rings. The lowest BCUT2D eigenvalue weighted by molar-refractivity contribution is 0.0817. The second-order valence-electron chi connectivity index (χ2n) is 6.15. The van der Waals surface area contributed by atoms with E-state index in [4.69, 9.17) is 4.74 Å². The Morgan fingerprint density at radius 2 is 1.70 bits per heavy atom. The fraction of sp³-hybridized carbons (Fsp3) is 0.222. The molecule has 0 aromatic heterocycles. The Balaban J connectivity index is 1.89. The van der Waals surface area contributed by atoms with Gasteiger partial charge in [-0.3, -0.25) is 9.59 Å². The van der Waals surface area contributed by atoms with E-state index in [1.165, 1.54) is 12.1 Å². The Hall–Kier alpha value is -2.01. The van der Waals surface area contributed by atoms with Crippen LogP contribution in [-0.4, -0.2) is 17.2 Å². The molecule has 0 aliphatic carbocycles. The van der Waals surface area contributed by atoms with Gasteiger partial charge in [-0.1, -0.05) is 0 Å². The Morgan fingerprint density at radius 1 is 1.09 bits per heavy atom. The maximum Gasteiger partial charge on any atom is 0.233 e. The quantitative estimate of drug-likeness (QED) is 0.590. The highest BCUT2D eigenvalue weighted by molar-refractivity contribution is 9.10. The first kappa shape index (κ1) is 15.9. The van der Waals surface area contributed by atoms with Crippen LogP contribution in [0.5, 0.6) is 5.75 Å². The molecular formula is C18H14BrFO3. The molecule has 0 N–H and O–H groups in total. The summed E-state index contributed by atoms with van der Waals surface area (Å²) in [6.45, 7) is 3.94. The highest BCUT2D eigenvalue weighted by Crippen LogP contribution is 2.35. The molecule has 2 aromatic rings. The second-order valence-corrected chi connectivity index (χ2v) is 7.00. The monoisotopic (exact) mass is 376 g/mol.